The number of amides is 2. The van der Waals surface area contributed by atoms with Gasteiger partial charge >= 0.3 is 0 Å². The maximum absolute atomic E-state index is 13.3. The first-order chi connectivity index (χ1) is 21.6. The number of carbonyl (C=O) groups is 2. The maximum Gasteiger partial charge on any atom is 0.291 e. The number of fused-ring (bicyclic) bond motifs is 1. The summed E-state index contributed by atoms with van der Waals surface area (Å²) in [4.78, 5) is 42.9. The number of anilines is 1. The molecular formula is C32H34Cl2N8O3. The van der Waals surface area contributed by atoms with E-state index >= 15 is 0 Å². The van der Waals surface area contributed by atoms with Crippen LogP contribution in [0.4, 0.5) is 5.69 Å². The number of nitrogens with zero attached hydrogens (tertiary/aromatic N) is 6. The second kappa shape index (κ2) is 12.8. The summed E-state index contributed by atoms with van der Waals surface area (Å²) in [6.07, 6.45) is 2.58. The Hall–Kier alpha value is -4.03. The largest absolute Gasteiger partial charge is 0.481 e. The van der Waals surface area contributed by atoms with Crippen LogP contribution in [-0.4, -0.2) is 81.0 Å². The van der Waals surface area contributed by atoms with Crippen molar-refractivity contribution in [2.24, 2.45) is 7.05 Å². The number of aromatic nitrogens is 4. The van der Waals surface area contributed by atoms with Crippen LogP contribution in [0.2, 0.25) is 10.0 Å². The van der Waals surface area contributed by atoms with Gasteiger partial charge in [0.1, 0.15) is 0 Å². The molecule has 2 aromatic heterocycles. The number of halogens is 2. The number of hydrogen-bond acceptors (Lipinski definition) is 8. The molecule has 2 amide bonds. The van der Waals surface area contributed by atoms with Gasteiger partial charge in [0, 0.05) is 87.3 Å². The van der Waals surface area contributed by atoms with E-state index in [4.69, 9.17) is 27.9 Å². The molecule has 2 N–H and O–H groups in total. The van der Waals surface area contributed by atoms with Gasteiger partial charge in [0.15, 0.2) is 11.6 Å². The van der Waals surface area contributed by atoms with Gasteiger partial charge < -0.3 is 24.8 Å². The Morgan fingerprint density at radius 3 is 2.47 bits per heavy atom. The molecule has 1 fully saturated rings. The van der Waals surface area contributed by atoms with Gasteiger partial charge in [0.25, 0.3) is 5.91 Å². The average Bonchev–Trinajstić information content (AvgIpc) is 3.32. The predicted molar refractivity (Wildman–Crippen MR) is 174 cm³/mol. The molecule has 0 spiro atoms. The van der Waals surface area contributed by atoms with Crippen molar-refractivity contribution >= 4 is 40.7 Å². The molecule has 0 saturated carbocycles. The molecule has 2 aromatic carbocycles. The fourth-order valence-electron chi connectivity index (χ4n) is 5.91. The average molecular weight is 650 g/mol. The van der Waals surface area contributed by atoms with Gasteiger partial charge in [-0.05, 0) is 19.2 Å². The third-order valence-corrected chi connectivity index (χ3v) is 9.02. The molecule has 11 nitrogen and oxygen atoms in total. The Morgan fingerprint density at radius 2 is 1.73 bits per heavy atom. The summed E-state index contributed by atoms with van der Waals surface area (Å²) in [5.74, 6) is 0.838. The molecule has 0 radical (unpaired) electrons. The van der Waals surface area contributed by atoms with E-state index in [-0.39, 0.29) is 17.9 Å². The lowest BCUT2D eigenvalue weighted by Gasteiger charge is -2.39. The van der Waals surface area contributed by atoms with Gasteiger partial charge in [0.05, 0.1) is 34.6 Å². The van der Waals surface area contributed by atoms with Crippen molar-refractivity contribution in [2.75, 3.05) is 39.1 Å². The van der Waals surface area contributed by atoms with Crippen molar-refractivity contribution in [1.82, 2.24) is 34.6 Å². The molecule has 1 saturated heterocycles. The summed E-state index contributed by atoms with van der Waals surface area (Å²) in [5.41, 5.74) is 5.21. The molecule has 0 atom stereocenters. The molecule has 4 heterocycles. The quantitative estimate of drug-likeness (QED) is 0.288. The lowest BCUT2D eigenvalue weighted by molar-refractivity contribution is -0.120. The summed E-state index contributed by atoms with van der Waals surface area (Å²) in [7, 11) is 5.48. The minimum atomic E-state index is -0.335. The van der Waals surface area contributed by atoms with Crippen LogP contribution >= 0.6 is 23.2 Å². The molecule has 0 unspecified atom stereocenters. The van der Waals surface area contributed by atoms with Gasteiger partial charge in [-0.3, -0.25) is 14.5 Å². The van der Waals surface area contributed by atoms with E-state index in [1.165, 1.54) is 6.92 Å². The number of likely N-dealkylation sites (N-methyl/N-ethyl adjacent to an activating group) is 1. The SMILES string of the molecule is COc1nc(-c2cccc(-c3cccc(NC(=O)c4nc5c(n4C)CCN(C)C5)c3Cl)c2Cl)ncc1CN1CC(NC(C)=O)C1. The Bertz CT molecular complexity index is 1790. The van der Waals surface area contributed by atoms with Crippen molar-refractivity contribution < 1.29 is 14.3 Å². The van der Waals surface area contributed by atoms with Crippen molar-refractivity contribution in [3.05, 3.63) is 75.4 Å². The first-order valence-corrected chi connectivity index (χ1v) is 15.4. The zero-order chi connectivity index (χ0) is 31.8. The van der Waals surface area contributed by atoms with Crippen molar-refractivity contribution in [3.63, 3.8) is 0 Å². The molecule has 4 aromatic rings. The fourth-order valence-corrected chi connectivity index (χ4v) is 6.50. The van der Waals surface area contributed by atoms with E-state index in [9.17, 15) is 9.59 Å². The van der Waals surface area contributed by atoms with Crippen LogP contribution in [0.15, 0.2) is 42.6 Å². The zero-order valence-corrected chi connectivity index (χ0v) is 27.0. The highest BCUT2D eigenvalue weighted by Crippen LogP contribution is 2.41. The highest BCUT2D eigenvalue weighted by Gasteiger charge is 2.29. The van der Waals surface area contributed by atoms with Crippen LogP contribution in [0.3, 0.4) is 0 Å². The molecular weight excluding hydrogens is 615 g/mol. The van der Waals surface area contributed by atoms with E-state index in [0.29, 0.717) is 63.0 Å². The van der Waals surface area contributed by atoms with Crippen LogP contribution in [0.5, 0.6) is 5.88 Å². The number of carbonyl (C=O) groups excluding carboxylic acids is 2. The second-order valence-corrected chi connectivity index (χ2v) is 12.2. The summed E-state index contributed by atoms with van der Waals surface area (Å²) in [6, 6.07) is 11.1. The molecule has 13 heteroatoms. The van der Waals surface area contributed by atoms with E-state index < -0.39 is 0 Å². The Labute approximate surface area is 271 Å². The molecule has 6 rings (SSSR count). The lowest BCUT2D eigenvalue weighted by atomic mass is 10.0. The number of hydrogen-bond donors (Lipinski definition) is 2. The van der Waals surface area contributed by atoms with Crippen LogP contribution in [0, 0.1) is 0 Å². The lowest BCUT2D eigenvalue weighted by Crippen LogP contribution is -2.58. The Balaban J connectivity index is 1.23. The van der Waals surface area contributed by atoms with Crippen molar-refractivity contribution in [1.29, 1.82) is 0 Å². The van der Waals surface area contributed by atoms with Gasteiger partial charge in [-0.15, -0.1) is 0 Å². The van der Waals surface area contributed by atoms with Gasteiger partial charge in [-0.2, -0.15) is 4.98 Å². The Kier molecular flexibility index (Phi) is 8.78. The number of imidazole rings is 1. The number of benzene rings is 2. The summed E-state index contributed by atoms with van der Waals surface area (Å²) < 4.78 is 7.47. The molecule has 45 heavy (non-hydrogen) atoms. The number of methoxy groups -OCH3 is 1. The highest BCUT2D eigenvalue weighted by molar-refractivity contribution is 6.39. The smallest absolute Gasteiger partial charge is 0.291 e. The van der Waals surface area contributed by atoms with Crippen LogP contribution in [-0.2, 0) is 31.4 Å². The second-order valence-electron chi connectivity index (χ2n) is 11.5. The topological polar surface area (TPSA) is 118 Å². The van der Waals surface area contributed by atoms with Gasteiger partial charge in [0.2, 0.25) is 11.8 Å². The molecule has 0 aliphatic carbocycles. The maximum atomic E-state index is 13.3. The molecule has 234 valence electrons. The molecule has 2 aliphatic rings. The fraction of sp³-hybridized carbons (Fsp3) is 0.344. The van der Waals surface area contributed by atoms with E-state index in [2.05, 4.69) is 35.4 Å². The number of ether oxygens (including phenoxy) is 1. The highest BCUT2D eigenvalue weighted by atomic mass is 35.5. The predicted octanol–water partition coefficient (Wildman–Crippen LogP) is 4.42. The zero-order valence-electron chi connectivity index (χ0n) is 25.5. The number of likely N-dealkylation sites (tertiary alicyclic amines) is 1. The standard InChI is InChI=1S/C32H34Cl2N8O3/c1-18(43)36-20-15-42(16-20)14-19-13-35-29(39-32(19)45-4)23-9-5-7-21(27(23)33)22-8-6-10-24(28(22)34)38-31(44)30-37-25-17-40(2)12-11-26(25)41(30)3/h5-10,13,20H,11-12,14-17H2,1-4H3,(H,36,43)(H,38,44). The summed E-state index contributed by atoms with van der Waals surface area (Å²) >= 11 is 13.9. The normalized spacial score (nSPS) is 15.3. The minimum absolute atomic E-state index is 0.0300. The monoisotopic (exact) mass is 648 g/mol. The molecule has 0 bridgehead atoms. The number of nitrogens with one attached hydrogen (secondary N) is 2. The summed E-state index contributed by atoms with van der Waals surface area (Å²) in [6.45, 7) is 5.25. The van der Waals surface area contributed by atoms with Crippen LogP contribution < -0.4 is 15.4 Å². The van der Waals surface area contributed by atoms with E-state index in [0.717, 1.165) is 43.0 Å². The van der Waals surface area contributed by atoms with Crippen LogP contribution in [0.1, 0.15) is 34.5 Å². The summed E-state index contributed by atoms with van der Waals surface area (Å²) in [5, 5.41) is 6.64. The number of rotatable bonds is 8. The minimum Gasteiger partial charge on any atom is -0.481 e. The van der Waals surface area contributed by atoms with E-state index in [1.54, 1.807) is 19.4 Å². The van der Waals surface area contributed by atoms with E-state index in [1.807, 2.05) is 49.0 Å². The van der Waals surface area contributed by atoms with Gasteiger partial charge in [-0.25, -0.2) is 9.97 Å². The van der Waals surface area contributed by atoms with Gasteiger partial charge in [-0.1, -0.05) is 47.5 Å². The first kappa shape index (κ1) is 31.0. The third kappa shape index (κ3) is 6.26. The third-order valence-electron chi connectivity index (χ3n) is 8.20. The first-order valence-electron chi connectivity index (χ1n) is 14.6. The molecule has 2 aliphatic heterocycles. The Morgan fingerprint density at radius 1 is 1.02 bits per heavy atom. The van der Waals surface area contributed by atoms with Crippen LogP contribution in [0.25, 0.3) is 22.5 Å². The van der Waals surface area contributed by atoms with Crippen molar-refractivity contribution in [3.8, 4) is 28.4 Å². The van der Waals surface area contributed by atoms with Crippen molar-refractivity contribution in [2.45, 2.75) is 32.5 Å².